The summed E-state index contributed by atoms with van der Waals surface area (Å²) in [5.74, 6) is 0.130. The minimum absolute atomic E-state index is 0.130. The second-order valence-electron chi connectivity index (χ2n) is 4.63. The molecule has 2 rings (SSSR count). The molecule has 1 amide bonds. The fourth-order valence-corrected chi connectivity index (χ4v) is 2.57. The third-order valence-corrected chi connectivity index (χ3v) is 3.86. The van der Waals surface area contributed by atoms with E-state index in [1.807, 2.05) is 30.9 Å². The molecule has 0 bridgehead atoms. The molecule has 0 aliphatic heterocycles. The van der Waals surface area contributed by atoms with Crippen LogP contribution in [-0.4, -0.2) is 30.4 Å². The normalized spacial score (nSPS) is 10.6. The predicted octanol–water partition coefficient (Wildman–Crippen LogP) is 3.88. The highest BCUT2D eigenvalue weighted by atomic mass is 79.9. The van der Waals surface area contributed by atoms with E-state index < -0.39 is 0 Å². The summed E-state index contributed by atoms with van der Waals surface area (Å²) in [5, 5.41) is 5.54. The van der Waals surface area contributed by atoms with Gasteiger partial charge in [0, 0.05) is 23.2 Å². The summed E-state index contributed by atoms with van der Waals surface area (Å²) < 4.78 is 1.07. The first-order chi connectivity index (χ1) is 9.63. The summed E-state index contributed by atoms with van der Waals surface area (Å²) >= 11 is 3.47. The number of amides is 1. The first-order valence-corrected chi connectivity index (χ1v) is 7.64. The lowest BCUT2D eigenvalue weighted by molar-refractivity contribution is -0.128. The van der Waals surface area contributed by atoms with Gasteiger partial charge in [-0.25, -0.2) is 0 Å². The van der Waals surface area contributed by atoms with Gasteiger partial charge in [0.1, 0.15) is 0 Å². The number of fused-ring (bicyclic) bond motifs is 1. The molecule has 2 aromatic carbocycles. The number of halogens is 1. The van der Waals surface area contributed by atoms with Gasteiger partial charge < -0.3 is 10.2 Å². The molecule has 0 spiro atoms. The Bertz CT molecular complexity index is 608. The van der Waals surface area contributed by atoms with Crippen molar-refractivity contribution < 1.29 is 4.79 Å². The fraction of sp³-hybridized carbons (Fsp3) is 0.312. The molecule has 0 heterocycles. The van der Waals surface area contributed by atoms with Crippen molar-refractivity contribution in [1.29, 1.82) is 0 Å². The van der Waals surface area contributed by atoms with Gasteiger partial charge >= 0.3 is 0 Å². The zero-order chi connectivity index (χ0) is 14.5. The third-order valence-electron chi connectivity index (χ3n) is 3.36. The maximum atomic E-state index is 11.9. The molecule has 0 radical (unpaired) electrons. The molecule has 0 unspecified atom stereocenters. The lowest BCUT2D eigenvalue weighted by Crippen LogP contribution is -2.35. The number of carbonyl (C=O) groups is 1. The number of likely N-dealkylation sites (N-methyl/N-ethyl adjacent to an activating group) is 1. The molecule has 0 saturated heterocycles. The Kier molecular flexibility index (Phi) is 5.01. The van der Waals surface area contributed by atoms with Crippen LogP contribution >= 0.6 is 15.9 Å². The highest BCUT2D eigenvalue weighted by molar-refractivity contribution is 9.10. The Morgan fingerprint density at radius 3 is 2.45 bits per heavy atom. The number of anilines is 1. The number of benzene rings is 2. The number of hydrogen-bond donors (Lipinski definition) is 1. The van der Waals surface area contributed by atoms with Gasteiger partial charge in [0.15, 0.2) is 0 Å². The van der Waals surface area contributed by atoms with E-state index in [0.717, 1.165) is 28.6 Å². The summed E-state index contributed by atoms with van der Waals surface area (Å²) in [4.78, 5) is 13.8. The van der Waals surface area contributed by atoms with Crippen LogP contribution in [0.3, 0.4) is 0 Å². The highest BCUT2D eigenvalue weighted by Gasteiger charge is 2.08. The van der Waals surface area contributed by atoms with E-state index in [4.69, 9.17) is 0 Å². The monoisotopic (exact) mass is 334 g/mol. The van der Waals surface area contributed by atoms with Crippen molar-refractivity contribution in [3.05, 3.63) is 40.9 Å². The molecule has 0 fully saturated rings. The van der Waals surface area contributed by atoms with Crippen molar-refractivity contribution >= 4 is 38.3 Å². The zero-order valence-electron chi connectivity index (χ0n) is 11.8. The van der Waals surface area contributed by atoms with Crippen molar-refractivity contribution in [2.45, 2.75) is 13.8 Å². The number of nitrogens with one attached hydrogen (secondary N) is 1. The first-order valence-electron chi connectivity index (χ1n) is 6.85. The minimum atomic E-state index is 0.130. The topological polar surface area (TPSA) is 32.3 Å². The lowest BCUT2D eigenvalue weighted by Gasteiger charge is -2.19. The molecular formula is C16H19BrN2O. The first kappa shape index (κ1) is 14.9. The second-order valence-corrected chi connectivity index (χ2v) is 5.54. The van der Waals surface area contributed by atoms with E-state index in [9.17, 15) is 4.79 Å². The molecule has 0 atom stereocenters. The quantitative estimate of drug-likeness (QED) is 0.899. The average molecular weight is 335 g/mol. The smallest absolute Gasteiger partial charge is 0.241 e. The summed E-state index contributed by atoms with van der Waals surface area (Å²) in [6.07, 6.45) is 0. The number of carbonyl (C=O) groups excluding carboxylic acids is 1. The van der Waals surface area contributed by atoms with Gasteiger partial charge in [-0.15, -0.1) is 0 Å². The fourth-order valence-electron chi connectivity index (χ4n) is 2.19. The number of nitrogens with zero attached hydrogens (tertiary/aromatic N) is 1. The Morgan fingerprint density at radius 2 is 1.75 bits per heavy atom. The van der Waals surface area contributed by atoms with Crippen molar-refractivity contribution in [3.8, 4) is 0 Å². The molecule has 0 aliphatic rings. The van der Waals surface area contributed by atoms with Gasteiger partial charge in [-0.05, 0) is 48.9 Å². The Hall–Kier alpha value is -1.55. The minimum Gasteiger partial charge on any atom is -0.376 e. The van der Waals surface area contributed by atoms with E-state index in [0.29, 0.717) is 6.54 Å². The van der Waals surface area contributed by atoms with Crippen LogP contribution in [0.4, 0.5) is 5.69 Å². The maximum Gasteiger partial charge on any atom is 0.241 e. The molecule has 3 nitrogen and oxygen atoms in total. The third kappa shape index (κ3) is 3.51. The summed E-state index contributed by atoms with van der Waals surface area (Å²) in [6.45, 7) is 5.83. The molecule has 20 heavy (non-hydrogen) atoms. The molecule has 4 heteroatoms. The summed E-state index contributed by atoms with van der Waals surface area (Å²) in [6, 6.07) is 12.3. The van der Waals surface area contributed by atoms with Crippen molar-refractivity contribution in [1.82, 2.24) is 4.90 Å². The lowest BCUT2D eigenvalue weighted by atomic mass is 10.1. The van der Waals surface area contributed by atoms with Crippen molar-refractivity contribution in [3.63, 3.8) is 0 Å². The van der Waals surface area contributed by atoms with Crippen molar-refractivity contribution in [2.24, 2.45) is 0 Å². The van der Waals surface area contributed by atoms with Crippen LogP contribution in [0.2, 0.25) is 0 Å². The molecule has 2 aromatic rings. The molecular weight excluding hydrogens is 316 g/mol. The van der Waals surface area contributed by atoms with Crippen molar-refractivity contribution in [2.75, 3.05) is 25.0 Å². The molecule has 0 aromatic heterocycles. The maximum absolute atomic E-state index is 11.9. The van der Waals surface area contributed by atoms with Crippen LogP contribution in [0.1, 0.15) is 13.8 Å². The standard InChI is InChI=1S/C16H19BrN2O/c1-3-19(4-2)16(20)11-18-15-8-6-12-9-14(17)7-5-13(12)10-15/h5-10,18H,3-4,11H2,1-2H3. The SMILES string of the molecule is CCN(CC)C(=O)CNc1ccc2cc(Br)ccc2c1. The summed E-state index contributed by atoms with van der Waals surface area (Å²) in [7, 11) is 0. The van der Waals surface area contributed by atoms with Crippen LogP contribution in [0.25, 0.3) is 10.8 Å². The van der Waals surface area contributed by atoms with Gasteiger partial charge in [-0.3, -0.25) is 4.79 Å². The van der Waals surface area contributed by atoms with Gasteiger partial charge in [-0.1, -0.05) is 28.1 Å². The van der Waals surface area contributed by atoms with Crippen LogP contribution in [0, 0.1) is 0 Å². The number of hydrogen-bond acceptors (Lipinski definition) is 2. The Balaban J connectivity index is 2.07. The predicted molar refractivity (Wildman–Crippen MR) is 88.1 cm³/mol. The molecule has 0 aliphatic carbocycles. The van der Waals surface area contributed by atoms with Gasteiger partial charge in [0.2, 0.25) is 5.91 Å². The van der Waals surface area contributed by atoms with E-state index in [-0.39, 0.29) is 5.91 Å². The van der Waals surface area contributed by atoms with E-state index in [2.05, 4.69) is 45.5 Å². The Labute approximate surface area is 128 Å². The average Bonchev–Trinajstić information content (AvgIpc) is 2.46. The van der Waals surface area contributed by atoms with Crippen LogP contribution in [0.5, 0.6) is 0 Å². The second kappa shape index (κ2) is 6.75. The van der Waals surface area contributed by atoms with E-state index in [1.54, 1.807) is 0 Å². The molecule has 1 N–H and O–H groups in total. The van der Waals surface area contributed by atoms with Crippen LogP contribution < -0.4 is 5.32 Å². The highest BCUT2D eigenvalue weighted by Crippen LogP contribution is 2.22. The number of rotatable bonds is 5. The Morgan fingerprint density at radius 1 is 1.10 bits per heavy atom. The van der Waals surface area contributed by atoms with E-state index >= 15 is 0 Å². The van der Waals surface area contributed by atoms with Gasteiger partial charge in [0.25, 0.3) is 0 Å². The zero-order valence-corrected chi connectivity index (χ0v) is 13.4. The molecule has 106 valence electrons. The van der Waals surface area contributed by atoms with E-state index in [1.165, 1.54) is 5.39 Å². The van der Waals surface area contributed by atoms with Gasteiger partial charge in [-0.2, -0.15) is 0 Å². The molecule has 0 saturated carbocycles. The van der Waals surface area contributed by atoms with Gasteiger partial charge in [0.05, 0.1) is 6.54 Å². The van der Waals surface area contributed by atoms with Crippen LogP contribution in [-0.2, 0) is 4.79 Å². The van der Waals surface area contributed by atoms with Crippen LogP contribution in [0.15, 0.2) is 40.9 Å². The summed E-state index contributed by atoms with van der Waals surface area (Å²) in [5.41, 5.74) is 0.973. The largest absolute Gasteiger partial charge is 0.376 e.